The van der Waals surface area contributed by atoms with Crippen molar-refractivity contribution in [3.05, 3.63) is 47.9 Å². The first-order valence-electron chi connectivity index (χ1n) is 7.26. The largest absolute Gasteiger partial charge is 0.383 e. The maximum atomic E-state index is 10.7. The maximum absolute atomic E-state index is 10.7. The molecule has 1 aliphatic heterocycles. The number of nitrogens with zero attached hydrogens (tertiary/aromatic N) is 3. The molecule has 5 heteroatoms. The van der Waals surface area contributed by atoms with Gasteiger partial charge in [0.25, 0.3) is 0 Å². The Morgan fingerprint density at radius 3 is 3.00 bits per heavy atom. The van der Waals surface area contributed by atoms with E-state index in [1.165, 1.54) is 0 Å². The molecule has 0 saturated carbocycles. The molecule has 112 valence electrons. The van der Waals surface area contributed by atoms with Gasteiger partial charge in [0.15, 0.2) is 0 Å². The second kappa shape index (κ2) is 4.63. The highest BCUT2D eigenvalue weighted by molar-refractivity contribution is 5.85. The van der Waals surface area contributed by atoms with Crippen LogP contribution in [-0.2, 0) is 24.0 Å². The van der Waals surface area contributed by atoms with E-state index in [4.69, 9.17) is 4.74 Å². The Morgan fingerprint density at radius 1 is 1.27 bits per heavy atom. The minimum absolute atomic E-state index is 0.297. The standard InChI is InChI=1S/C17H17N3O2/c1-17(21)10-22-9-13-6-18-8-14(16(13)17)11-3-4-12-7-19-20(2)15(12)5-11/h3-8,21H,9-10H2,1-2H3. The summed E-state index contributed by atoms with van der Waals surface area (Å²) in [5.41, 5.74) is 3.89. The van der Waals surface area contributed by atoms with E-state index in [0.717, 1.165) is 33.2 Å². The summed E-state index contributed by atoms with van der Waals surface area (Å²) in [6.07, 6.45) is 5.44. The van der Waals surface area contributed by atoms with Crippen molar-refractivity contribution in [2.45, 2.75) is 19.1 Å². The van der Waals surface area contributed by atoms with Crippen molar-refractivity contribution in [1.29, 1.82) is 0 Å². The Balaban J connectivity index is 1.97. The van der Waals surface area contributed by atoms with Gasteiger partial charge in [-0.15, -0.1) is 0 Å². The summed E-state index contributed by atoms with van der Waals surface area (Å²) >= 11 is 0. The molecule has 2 aromatic heterocycles. The number of fused-ring (bicyclic) bond motifs is 2. The molecule has 0 radical (unpaired) electrons. The van der Waals surface area contributed by atoms with E-state index >= 15 is 0 Å². The van der Waals surface area contributed by atoms with Gasteiger partial charge in [0.2, 0.25) is 0 Å². The van der Waals surface area contributed by atoms with Crippen LogP contribution in [0, 0.1) is 0 Å². The van der Waals surface area contributed by atoms with Crippen LogP contribution in [-0.4, -0.2) is 26.5 Å². The van der Waals surface area contributed by atoms with Gasteiger partial charge in [-0.3, -0.25) is 9.67 Å². The van der Waals surface area contributed by atoms with Crippen LogP contribution in [0.1, 0.15) is 18.1 Å². The SMILES string of the molecule is Cn1ncc2ccc(-c3cncc4c3C(C)(O)COC4)cc21. The van der Waals surface area contributed by atoms with Gasteiger partial charge in [0.05, 0.1) is 24.9 Å². The third-order valence-electron chi connectivity index (χ3n) is 4.26. The number of benzene rings is 1. The van der Waals surface area contributed by atoms with Crippen LogP contribution in [0.15, 0.2) is 36.8 Å². The quantitative estimate of drug-likeness (QED) is 0.749. The van der Waals surface area contributed by atoms with Crippen LogP contribution in [0.4, 0.5) is 0 Å². The smallest absolute Gasteiger partial charge is 0.111 e. The third-order valence-corrected chi connectivity index (χ3v) is 4.26. The second-order valence-electron chi connectivity index (χ2n) is 6.03. The first-order valence-corrected chi connectivity index (χ1v) is 7.26. The van der Waals surface area contributed by atoms with Gasteiger partial charge in [-0.25, -0.2) is 0 Å². The van der Waals surface area contributed by atoms with Crippen molar-refractivity contribution in [2.24, 2.45) is 7.05 Å². The fourth-order valence-electron chi connectivity index (χ4n) is 3.21. The van der Waals surface area contributed by atoms with E-state index in [9.17, 15) is 5.11 Å². The lowest BCUT2D eigenvalue weighted by atomic mass is 9.85. The maximum Gasteiger partial charge on any atom is 0.111 e. The van der Waals surface area contributed by atoms with Crippen LogP contribution >= 0.6 is 0 Å². The summed E-state index contributed by atoms with van der Waals surface area (Å²) in [6, 6.07) is 6.18. The Labute approximate surface area is 128 Å². The molecule has 0 spiro atoms. The van der Waals surface area contributed by atoms with Gasteiger partial charge in [-0.1, -0.05) is 12.1 Å². The summed E-state index contributed by atoms with van der Waals surface area (Å²) in [5, 5.41) is 16.1. The zero-order valence-electron chi connectivity index (χ0n) is 12.6. The summed E-state index contributed by atoms with van der Waals surface area (Å²) < 4.78 is 7.33. The van der Waals surface area contributed by atoms with E-state index in [1.807, 2.05) is 36.3 Å². The fraction of sp³-hybridized carbons (Fsp3) is 0.294. The van der Waals surface area contributed by atoms with E-state index < -0.39 is 5.60 Å². The molecule has 4 rings (SSSR count). The molecule has 1 aromatic carbocycles. The zero-order chi connectivity index (χ0) is 15.3. The molecule has 1 aliphatic rings. The van der Waals surface area contributed by atoms with Crippen LogP contribution in [0.2, 0.25) is 0 Å². The monoisotopic (exact) mass is 295 g/mol. The number of aryl methyl sites for hydroxylation is 1. The molecule has 0 fully saturated rings. The highest BCUT2D eigenvalue weighted by Gasteiger charge is 2.33. The molecule has 3 heterocycles. The number of aliphatic hydroxyl groups is 1. The van der Waals surface area contributed by atoms with Crippen LogP contribution in [0.3, 0.4) is 0 Å². The number of hydrogen-bond acceptors (Lipinski definition) is 4. The Morgan fingerprint density at radius 2 is 2.14 bits per heavy atom. The van der Waals surface area contributed by atoms with Crippen molar-refractivity contribution >= 4 is 10.9 Å². The minimum Gasteiger partial charge on any atom is -0.383 e. The molecule has 1 N–H and O–H groups in total. The Kier molecular flexibility index (Phi) is 2.82. The minimum atomic E-state index is -1.01. The summed E-state index contributed by atoms with van der Waals surface area (Å²) in [6.45, 7) is 2.57. The summed E-state index contributed by atoms with van der Waals surface area (Å²) in [4.78, 5) is 4.32. The molecule has 3 aromatic rings. The van der Waals surface area contributed by atoms with Crippen LogP contribution in [0.25, 0.3) is 22.0 Å². The van der Waals surface area contributed by atoms with Gasteiger partial charge in [0, 0.05) is 41.5 Å². The third kappa shape index (κ3) is 1.94. The Hall–Kier alpha value is -2.24. The van der Waals surface area contributed by atoms with Gasteiger partial charge in [0.1, 0.15) is 5.60 Å². The average molecular weight is 295 g/mol. The van der Waals surface area contributed by atoms with Gasteiger partial charge in [-0.05, 0) is 18.6 Å². The second-order valence-corrected chi connectivity index (χ2v) is 6.03. The lowest BCUT2D eigenvalue weighted by Crippen LogP contribution is -2.34. The van der Waals surface area contributed by atoms with E-state index in [1.54, 1.807) is 13.1 Å². The average Bonchev–Trinajstić information content (AvgIpc) is 2.87. The fourth-order valence-corrected chi connectivity index (χ4v) is 3.21. The molecule has 22 heavy (non-hydrogen) atoms. The zero-order valence-corrected chi connectivity index (χ0v) is 12.6. The number of hydrogen-bond donors (Lipinski definition) is 1. The highest BCUT2D eigenvalue weighted by Crippen LogP contribution is 2.37. The predicted octanol–water partition coefficient (Wildman–Crippen LogP) is 2.37. The molecule has 0 aliphatic carbocycles. The van der Waals surface area contributed by atoms with Crippen LogP contribution < -0.4 is 0 Å². The van der Waals surface area contributed by atoms with E-state index in [-0.39, 0.29) is 0 Å². The van der Waals surface area contributed by atoms with Gasteiger partial charge in [-0.2, -0.15) is 5.10 Å². The van der Waals surface area contributed by atoms with Crippen molar-refractivity contribution in [3.8, 4) is 11.1 Å². The highest BCUT2D eigenvalue weighted by atomic mass is 16.5. The molecule has 0 amide bonds. The molecule has 0 bridgehead atoms. The summed E-state index contributed by atoms with van der Waals surface area (Å²) in [7, 11) is 1.93. The topological polar surface area (TPSA) is 60.2 Å². The van der Waals surface area contributed by atoms with Gasteiger partial charge < -0.3 is 9.84 Å². The molecular weight excluding hydrogens is 278 g/mol. The first kappa shape index (κ1) is 13.4. The first-order chi connectivity index (χ1) is 10.6. The van der Waals surface area contributed by atoms with Crippen molar-refractivity contribution < 1.29 is 9.84 Å². The van der Waals surface area contributed by atoms with E-state index in [2.05, 4.69) is 16.1 Å². The van der Waals surface area contributed by atoms with Crippen molar-refractivity contribution in [3.63, 3.8) is 0 Å². The molecule has 0 saturated heterocycles. The van der Waals surface area contributed by atoms with Gasteiger partial charge >= 0.3 is 0 Å². The molecule has 1 unspecified atom stereocenters. The van der Waals surface area contributed by atoms with E-state index in [0.29, 0.717) is 13.2 Å². The van der Waals surface area contributed by atoms with Crippen LogP contribution in [0.5, 0.6) is 0 Å². The van der Waals surface area contributed by atoms with Crippen molar-refractivity contribution in [1.82, 2.24) is 14.8 Å². The molecule has 1 atom stereocenters. The number of rotatable bonds is 1. The lowest BCUT2D eigenvalue weighted by Gasteiger charge is -2.32. The molecular formula is C17H17N3O2. The molecule has 5 nitrogen and oxygen atoms in total. The predicted molar refractivity (Wildman–Crippen MR) is 83.2 cm³/mol. The number of ether oxygens (including phenoxy) is 1. The number of aromatic nitrogens is 3. The summed E-state index contributed by atoms with van der Waals surface area (Å²) in [5.74, 6) is 0. The normalized spacial score (nSPS) is 21.0. The van der Waals surface area contributed by atoms with Crippen molar-refractivity contribution in [2.75, 3.05) is 6.61 Å². The number of pyridine rings is 1. The lowest BCUT2D eigenvalue weighted by molar-refractivity contribution is -0.0600. The Bertz CT molecular complexity index is 867.